The van der Waals surface area contributed by atoms with Gasteiger partial charge in [0.15, 0.2) is 0 Å². The molecule has 0 N–H and O–H groups in total. The molecule has 35 heavy (non-hydrogen) atoms. The summed E-state index contributed by atoms with van der Waals surface area (Å²) < 4.78 is 34.3. The van der Waals surface area contributed by atoms with E-state index < -0.39 is 10.0 Å². The Morgan fingerprint density at radius 2 is 1.77 bits per heavy atom. The van der Waals surface area contributed by atoms with Gasteiger partial charge in [0, 0.05) is 24.6 Å². The lowest BCUT2D eigenvalue weighted by atomic mass is 10.2. The summed E-state index contributed by atoms with van der Waals surface area (Å²) in [5.74, 6) is -0.227. The normalized spacial score (nSPS) is 16.0. The number of hydrogen-bond donors (Lipinski definition) is 0. The highest BCUT2D eigenvalue weighted by atomic mass is 32.2. The molecule has 0 radical (unpaired) electrons. The number of amides is 1. The van der Waals surface area contributed by atoms with Crippen molar-refractivity contribution >= 4 is 27.3 Å². The average molecular weight is 513 g/mol. The van der Waals surface area contributed by atoms with Crippen LogP contribution in [0.15, 0.2) is 70.9 Å². The van der Waals surface area contributed by atoms with Crippen LogP contribution >= 0.6 is 11.3 Å². The first kappa shape index (κ1) is 25.6. The number of rotatable bonds is 10. The smallest absolute Gasteiger partial charge is 0.243 e. The molecule has 1 aromatic heterocycles. The third-order valence-corrected chi connectivity index (χ3v) is 9.11. The fourth-order valence-electron chi connectivity index (χ4n) is 4.15. The number of carbonyl (C=O) groups excluding carboxylic acids is 1. The first-order valence-electron chi connectivity index (χ1n) is 11.9. The van der Waals surface area contributed by atoms with Crippen LogP contribution in [0.4, 0.5) is 0 Å². The molecule has 1 saturated heterocycles. The number of thiophene rings is 1. The molecule has 8 heteroatoms. The maximum atomic E-state index is 13.7. The van der Waals surface area contributed by atoms with Crippen LogP contribution in [0, 0.1) is 13.8 Å². The maximum Gasteiger partial charge on any atom is 0.243 e. The average Bonchev–Trinajstić information content (AvgIpc) is 3.51. The molecule has 6 nitrogen and oxygen atoms in total. The molecule has 1 aliphatic rings. The lowest BCUT2D eigenvalue weighted by molar-refractivity contribution is -0.132. The van der Waals surface area contributed by atoms with E-state index in [0.717, 1.165) is 34.4 Å². The monoisotopic (exact) mass is 512 g/mol. The van der Waals surface area contributed by atoms with Crippen LogP contribution in [0.1, 0.15) is 34.4 Å². The van der Waals surface area contributed by atoms with Crippen LogP contribution in [0.5, 0.6) is 0 Å². The molecule has 0 aliphatic carbocycles. The van der Waals surface area contributed by atoms with Crippen LogP contribution < -0.4 is 0 Å². The van der Waals surface area contributed by atoms with Crippen molar-refractivity contribution in [3.05, 3.63) is 87.6 Å². The van der Waals surface area contributed by atoms with Gasteiger partial charge in [0.1, 0.15) is 0 Å². The highest BCUT2D eigenvalue weighted by Gasteiger charge is 2.32. The van der Waals surface area contributed by atoms with Gasteiger partial charge in [-0.3, -0.25) is 4.79 Å². The topological polar surface area (TPSA) is 66.9 Å². The summed E-state index contributed by atoms with van der Waals surface area (Å²) in [5.41, 5.74) is 3.11. The second kappa shape index (κ2) is 11.5. The van der Waals surface area contributed by atoms with Gasteiger partial charge in [-0.2, -0.15) is 4.31 Å². The number of carbonyl (C=O) groups is 1. The largest absolute Gasteiger partial charge is 0.377 e. The zero-order chi connectivity index (χ0) is 24.8. The minimum absolute atomic E-state index is 0.166. The number of hydrogen-bond acceptors (Lipinski definition) is 5. The Labute approximate surface area is 212 Å². The van der Waals surface area contributed by atoms with Crippen LogP contribution in [-0.4, -0.2) is 49.3 Å². The van der Waals surface area contributed by atoms with Crippen molar-refractivity contribution in [2.75, 3.05) is 19.7 Å². The molecule has 0 saturated carbocycles. The third-order valence-electron chi connectivity index (χ3n) is 6.27. The minimum atomic E-state index is -3.87. The Balaban J connectivity index is 1.60. The second-order valence-corrected chi connectivity index (χ2v) is 11.9. The molecule has 1 fully saturated rings. The molecule has 1 aliphatic heterocycles. The Bertz CT molecular complexity index is 1220. The number of sulfonamides is 1. The van der Waals surface area contributed by atoms with E-state index in [1.54, 1.807) is 40.5 Å². The van der Waals surface area contributed by atoms with E-state index in [9.17, 15) is 13.2 Å². The highest BCUT2D eigenvalue weighted by molar-refractivity contribution is 7.89. The van der Waals surface area contributed by atoms with Gasteiger partial charge in [0.05, 0.1) is 24.1 Å². The van der Waals surface area contributed by atoms with Gasteiger partial charge in [-0.05, 0) is 61.4 Å². The SMILES string of the molecule is Cc1ccc(S(=O)(=O)N(CC(=O)N(Cc2ccccc2)Cc2sccc2C)CC2CCCO2)cc1. The molecule has 0 spiro atoms. The van der Waals surface area contributed by atoms with E-state index in [1.807, 2.05) is 55.6 Å². The van der Waals surface area contributed by atoms with E-state index in [2.05, 4.69) is 0 Å². The summed E-state index contributed by atoms with van der Waals surface area (Å²) in [7, 11) is -3.87. The molecule has 1 amide bonds. The number of benzene rings is 2. The van der Waals surface area contributed by atoms with Crippen LogP contribution in [0.25, 0.3) is 0 Å². The summed E-state index contributed by atoms with van der Waals surface area (Å²) >= 11 is 1.61. The van der Waals surface area contributed by atoms with Gasteiger partial charge in [-0.15, -0.1) is 11.3 Å². The molecular formula is C27H32N2O4S2. The van der Waals surface area contributed by atoms with Crippen molar-refractivity contribution in [1.29, 1.82) is 0 Å². The zero-order valence-corrected chi connectivity index (χ0v) is 21.9. The first-order valence-corrected chi connectivity index (χ1v) is 14.2. The van der Waals surface area contributed by atoms with E-state index in [1.165, 1.54) is 4.31 Å². The predicted octanol–water partition coefficient (Wildman–Crippen LogP) is 4.76. The van der Waals surface area contributed by atoms with Crippen molar-refractivity contribution < 1.29 is 17.9 Å². The molecule has 4 rings (SSSR count). The molecule has 0 bridgehead atoms. The van der Waals surface area contributed by atoms with Gasteiger partial charge in [0.2, 0.25) is 15.9 Å². The second-order valence-electron chi connectivity index (χ2n) is 9.01. The predicted molar refractivity (Wildman–Crippen MR) is 139 cm³/mol. The van der Waals surface area contributed by atoms with E-state index in [0.29, 0.717) is 19.7 Å². The molecule has 3 aromatic rings. The van der Waals surface area contributed by atoms with Crippen LogP contribution in [0.2, 0.25) is 0 Å². The summed E-state index contributed by atoms with van der Waals surface area (Å²) in [6.07, 6.45) is 1.48. The van der Waals surface area contributed by atoms with Gasteiger partial charge < -0.3 is 9.64 Å². The lowest BCUT2D eigenvalue weighted by Gasteiger charge is -2.28. The fourth-order valence-corrected chi connectivity index (χ4v) is 6.49. The summed E-state index contributed by atoms with van der Waals surface area (Å²) in [6.45, 7) is 5.35. The standard InChI is InChI=1S/C27H32N2O4S2/c1-21-10-12-25(13-11-21)35(31,32)29(18-24-9-6-15-33-24)20-27(30)28(17-23-7-4-3-5-8-23)19-26-22(2)14-16-34-26/h3-5,7-8,10-14,16,24H,6,9,15,17-20H2,1-2H3. The molecular weight excluding hydrogens is 480 g/mol. The molecule has 1 unspecified atom stereocenters. The van der Waals surface area contributed by atoms with Crippen molar-refractivity contribution in [1.82, 2.24) is 9.21 Å². The summed E-state index contributed by atoms with van der Waals surface area (Å²) in [4.78, 5) is 16.7. The molecule has 2 heterocycles. The first-order chi connectivity index (χ1) is 16.8. The molecule has 1 atom stereocenters. The molecule has 2 aromatic carbocycles. The Hall–Kier alpha value is -2.52. The minimum Gasteiger partial charge on any atom is -0.377 e. The van der Waals surface area contributed by atoms with Gasteiger partial charge >= 0.3 is 0 Å². The van der Waals surface area contributed by atoms with Crippen LogP contribution in [-0.2, 0) is 32.6 Å². The van der Waals surface area contributed by atoms with Crippen molar-refractivity contribution in [2.24, 2.45) is 0 Å². The Morgan fingerprint density at radius 1 is 1.03 bits per heavy atom. The van der Waals surface area contributed by atoms with Gasteiger partial charge in [0.25, 0.3) is 0 Å². The Morgan fingerprint density at radius 3 is 2.40 bits per heavy atom. The fraction of sp³-hybridized carbons (Fsp3) is 0.370. The van der Waals surface area contributed by atoms with Crippen molar-refractivity contribution in [3.63, 3.8) is 0 Å². The van der Waals surface area contributed by atoms with E-state index in [-0.39, 0.29) is 30.0 Å². The van der Waals surface area contributed by atoms with Crippen molar-refractivity contribution in [2.45, 2.75) is 50.8 Å². The Kier molecular flexibility index (Phi) is 8.38. The summed E-state index contributed by atoms with van der Waals surface area (Å²) in [6, 6.07) is 18.6. The lowest BCUT2D eigenvalue weighted by Crippen LogP contribution is -2.45. The van der Waals surface area contributed by atoms with Gasteiger partial charge in [-0.25, -0.2) is 8.42 Å². The van der Waals surface area contributed by atoms with E-state index in [4.69, 9.17) is 4.74 Å². The maximum absolute atomic E-state index is 13.7. The highest BCUT2D eigenvalue weighted by Crippen LogP contribution is 2.23. The molecule has 186 valence electrons. The van der Waals surface area contributed by atoms with Crippen molar-refractivity contribution in [3.8, 4) is 0 Å². The summed E-state index contributed by atoms with van der Waals surface area (Å²) in [5, 5.41) is 2.02. The quantitative estimate of drug-likeness (QED) is 0.393. The number of ether oxygens (including phenoxy) is 1. The van der Waals surface area contributed by atoms with E-state index >= 15 is 0 Å². The van der Waals surface area contributed by atoms with Gasteiger partial charge in [-0.1, -0.05) is 48.0 Å². The third kappa shape index (κ3) is 6.58. The zero-order valence-electron chi connectivity index (χ0n) is 20.2. The number of aryl methyl sites for hydroxylation is 2. The number of nitrogens with zero attached hydrogens (tertiary/aromatic N) is 2. The van der Waals surface area contributed by atoms with Crippen LogP contribution in [0.3, 0.4) is 0 Å².